The highest BCUT2D eigenvalue weighted by Gasteiger charge is 2.19. The zero-order chi connectivity index (χ0) is 23.5. The van der Waals surface area contributed by atoms with Gasteiger partial charge in [-0.15, -0.1) is 0 Å². The molecule has 0 aliphatic carbocycles. The molecule has 1 amide bonds. The van der Waals surface area contributed by atoms with E-state index in [9.17, 15) is 21.6 Å². The Morgan fingerprint density at radius 3 is 2.22 bits per heavy atom. The number of hydrogen-bond donors (Lipinski definition) is 2. The standard InChI is InChI=1S/C22H21ClN2O5S2/c1-15-7-12-18(13-21(15)32(29,30)25-20-6-4-3-5-19(20)23)24-22(26)17-10-8-16(9-11-17)14-31(2,27)28/h3-13,25H,14H2,1-2H3,(H,24,26). The molecule has 0 atom stereocenters. The summed E-state index contributed by atoms with van der Waals surface area (Å²) in [5.74, 6) is -0.575. The van der Waals surface area contributed by atoms with Crippen LogP contribution in [-0.4, -0.2) is 29.0 Å². The van der Waals surface area contributed by atoms with Crippen LogP contribution in [0.1, 0.15) is 21.5 Å². The van der Waals surface area contributed by atoms with E-state index < -0.39 is 25.8 Å². The summed E-state index contributed by atoms with van der Waals surface area (Å²) in [6.07, 6.45) is 1.14. The van der Waals surface area contributed by atoms with E-state index in [-0.39, 0.29) is 21.4 Å². The van der Waals surface area contributed by atoms with Crippen molar-refractivity contribution in [3.8, 4) is 0 Å². The average Bonchev–Trinajstić information content (AvgIpc) is 2.70. The number of carbonyl (C=O) groups excluding carboxylic acids is 1. The predicted molar refractivity (Wildman–Crippen MR) is 126 cm³/mol. The summed E-state index contributed by atoms with van der Waals surface area (Å²) < 4.78 is 51.1. The second-order valence-corrected chi connectivity index (χ2v) is 11.5. The van der Waals surface area contributed by atoms with Crippen molar-refractivity contribution >= 4 is 48.7 Å². The normalized spacial score (nSPS) is 11.7. The van der Waals surface area contributed by atoms with E-state index in [2.05, 4.69) is 10.0 Å². The van der Waals surface area contributed by atoms with Gasteiger partial charge in [-0.05, 0) is 54.4 Å². The molecule has 3 aromatic rings. The van der Waals surface area contributed by atoms with E-state index in [1.54, 1.807) is 55.5 Å². The molecule has 0 radical (unpaired) electrons. The van der Waals surface area contributed by atoms with Crippen LogP contribution >= 0.6 is 11.6 Å². The Hall–Kier alpha value is -2.88. The maximum atomic E-state index is 12.9. The molecule has 0 saturated carbocycles. The van der Waals surface area contributed by atoms with Crippen molar-refractivity contribution < 1.29 is 21.6 Å². The molecule has 0 aliphatic heterocycles. The molecule has 7 nitrogen and oxygen atoms in total. The minimum Gasteiger partial charge on any atom is -0.322 e. The number of anilines is 2. The Balaban J connectivity index is 1.81. The van der Waals surface area contributed by atoms with E-state index in [0.29, 0.717) is 22.4 Å². The Labute approximate surface area is 192 Å². The summed E-state index contributed by atoms with van der Waals surface area (Å²) in [5, 5.41) is 2.93. The first-order chi connectivity index (χ1) is 14.9. The fourth-order valence-corrected chi connectivity index (χ4v) is 5.36. The second kappa shape index (κ2) is 9.32. The SMILES string of the molecule is Cc1ccc(NC(=O)c2ccc(CS(C)(=O)=O)cc2)cc1S(=O)(=O)Nc1ccccc1Cl. The highest BCUT2D eigenvalue weighted by molar-refractivity contribution is 7.92. The van der Waals surface area contributed by atoms with Gasteiger partial charge in [0.25, 0.3) is 15.9 Å². The van der Waals surface area contributed by atoms with Gasteiger partial charge in [0.1, 0.15) is 0 Å². The molecular weight excluding hydrogens is 472 g/mol. The number of rotatable bonds is 7. The maximum Gasteiger partial charge on any atom is 0.262 e. The average molecular weight is 493 g/mol. The topological polar surface area (TPSA) is 109 Å². The van der Waals surface area contributed by atoms with Crippen molar-refractivity contribution in [2.45, 2.75) is 17.6 Å². The molecule has 0 aliphatic rings. The zero-order valence-electron chi connectivity index (χ0n) is 17.3. The van der Waals surface area contributed by atoms with Gasteiger partial charge in [-0.3, -0.25) is 9.52 Å². The lowest BCUT2D eigenvalue weighted by Crippen LogP contribution is -2.16. The molecule has 0 heterocycles. The zero-order valence-corrected chi connectivity index (χ0v) is 19.7. The lowest BCUT2D eigenvalue weighted by molar-refractivity contribution is 0.102. The number of amides is 1. The van der Waals surface area contributed by atoms with Gasteiger partial charge in [0.05, 0.1) is 21.4 Å². The first-order valence-electron chi connectivity index (χ1n) is 9.41. The summed E-state index contributed by atoms with van der Waals surface area (Å²) in [7, 11) is -7.13. The van der Waals surface area contributed by atoms with E-state index >= 15 is 0 Å². The molecule has 0 saturated heterocycles. The summed E-state index contributed by atoms with van der Waals surface area (Å²) in [4.78, 5) is 12.6. The lowest BCUT2D eigenvalue weighted by Gasteiger charge is -2.13. The first-order valence-corrected chi connectivity index (χ1v) is 13.3. The van der Waals surface area contributed by atoms with Crippen LogP contribution in [0.15, 0.2) is 71.6 Å². The molecule has 0 spiro atoms. The first kappa shape index (κ1) is 23.8. The van der Waals surface area contributed by atoms with Crippen LogP contribution in [0.25, 0.3) is 0 Å². The van der Waals surface area contributed by atoms with Crippen molar-refractivity contribution in [3.05, 3.63) is 88.4 Å². The van der Waals surface area contributed by atoms with Crippen molar-refractivity contribution in [3.63, 3.8) is 0 Å². The lowest BCUT2D eigenvalue weighted by atomic mass is 10.1. The van der Waals surface area contributed by atoms with Crippen LogP contribution in [0, 0.1) is 6.92 Å². The van der Waals surface area contributed by atoms with Crippen molar-refractivity contribution in [2.75, 3.05) is 16.3 Å². The van der Waals surface area contributed by atoms with Crippen molar-refractivity contribution in [2.24, 2.45) is 0 Å². The van der Waals surface area contributed by atoms with Gasteiger partial charge in [0.15, 0.2) is 9.84 Å². The molecule has 168 valence electrons. The van der Waals surface area contributed by atoms with Gasteiger partial charge in [-0.2, -0.15) is 0 Å². The number of benzene rings is 3. The number of sulfone groups is 1. The summed E-state index contributed by atoms with van der Waals surface area (Å²) in [5.41, 5.74) is 1.91. The van der Waals surface area contributed by atoms with Gasteiger partial charge in [0.2, 0.25) is 0 Å². The number of halogens is 1. The van der Waals surface area contributed by atoms with Gasteiger partial charge in [-0.25, -0.2) is 16.8 Å². The summed E-state index contributed by atoms with van der Waals surface area (Å²) in [6, 6.07) is 17.2. The number of hydrogen-bond acceptors (Lipinski definition) is 5. The molecular formula is C22H21ClN2O5S2. The molecule has 0 aromatic heterocycles. The monoisotopic (exact) mass is 492 g/mol. The van der Waals surface area contributed by atoms with Gasteiger partial charge in [-0.1, -0.05) is 41.9 Å². The molecule has 0 unspecified atom stereocenters. The van der Waals surface area contributed by atoms with Crippen LogP contribution in [0.4, 0.5) is 11.4 Å². The number of aryl methyl sites for hydroxylation is 1. The summed E-state index contributed by atoms with van der Waals surface area (Å²) in [6.45, 7) is 1.65. The largest absolute Gasteiger partial charge is 0.322 e. The van der Waals surface area contributed by atoms with E-state index in [4.69, 9.17) is 11.6 Å². The molecule has 10 heteroatoms. The number of para-hydroxylation sites is 1. The number of carbonyl (C=O) groups is 1. The summed E-state index contributed by atoms with van der Waals surface area (Å²) >= 11 is 6.05. The molecule has 0 fully saturated rings. The smallest absolute Gasteiger partial charge is 0.262 e. The Morgan fingerprint density at radius 2 is 1.59 bits per heavy atom. The van der Waals surface area contributed by atoms with Crippen molar-refractivity contribution in [1.29, 1.82) is 0 Å². The van der Waals surface area contributed by atoms with Gasteiger partial charge in [0, 0.05) is 17.5 Å². The van der Waals surface area contributed by atoms with E-state index in [0.717, 1.165) is 6.26 Å². The Kier molecular flexibility index (Phi) is 6.92. The number of nitrogens with one attached hydrogen (secondary N) is 2. The quantitative estimate of drug-likeness (QED) is 0.512. The molecule has 0 bridgehead atoms. The minimum absolute atomic E-state index is 0.00119. The van der Waals surface area contributed by atoms with Crippen molar-refractivity contribution in [1.82, 2.24) is 0 Å². The molecule has 32 heavy (non-hydrogen) atoms. The van der Waals surface area contributed by atoms with Gasteiger partial charge >= 0.3 is 0 Å². The molecule has 3 aromatic carbocycles. The second-order valence-electron chi connectivity index (χ2n) is 7.29. The Bertz CT molecular complexity index is 1370. The third-order valence-corrected chi connectivity index (χ3v) is 7.19. The maximum absolute atomic E-state index is 12.9. The van der Waals surface area contributed by atoms with Crippen LogP contribution < -0.4 is 10.0 Å². The highest BCUT2D eigenvalue weighted by atomic mass is 35.5. The third-order valence-electron chi connectivity index (χ3n) is 4.50. The highest BCUT2D eigenvalue weighted by Crippen LogP contribution is 2.27. The van der Waals surface area contributed by atoms with Crippen LogP contribution in [0.3, 0.4) is 0 Å². The van der Waals surface area contributed by atoms with E-state index in [1.165, 1.54) is 18.2 Å². The van der Waals surface area contributed by atoms with Crippen LogP contribution in [0.5, 0.6) is 0 Å². The Morgan fingerprint density at radius 1 is 0.938 bits per heavy atom. The molecule has 3 rings (SSSR count). The molecule has 2 N–H and O–H groups in total. The fourth-order valence-electron chi connectivity index (χ4n) is 2.97. The number of sulfonamides is 1. The van der Waals surface area contributed by atoms with Gasteiger partial charge < -0.3 is 5.32 Å². The van der Waals surface area contributed by atoms with Crippen LogP contribution in [0.2, 0.25) is 5.02 Å². The predicted octanol–water partition coefficient (Wildman–Crippen LogP) is 4.25. The third kappa shape index (κ3) is 6.09. The minimum atomic E-state index is -3.96. The van der Waals surface area contributed by atoms with Crippen LogP contribution in [-0.2, 0) is 25.6 Å². The fraction of sp³-hybridized carbons (Fsp3) is 0.136. The van der Waals surface area contributed by atoms with E-state index in [1.807, 2.05) is 0 Å².